The van der Waals surface area contributed by atoms with Gasteiger partial charge in [-0.05, 0) is 32.6 Å². The van der Waals surface area contributed by atoms with Crippen molar-refractivity contribution in [2.45, 2.75) is 38.6 Å². The summed E-state index contributed by atoms with van der Waals surface area (Å²) in [4.78, 5) is 18.9. The maximum absolute atomic E-state index is 12.5. The molecule has 5 nitrogen and oxygen atoms in total. The van der Waals surface area contributed by atoms with Crippen molar-refractivity contribution in [3.63, 3.8) is 0 Å². The monoisotopic (exact) mass is 263 g/mol. The van der Waals surface area contributed by atoms with Crippen LogP contribution in [0.3, 0.4) is 0 Å². The average Bonchev–Trinajstić information content (AvgIpc) is 2.90. The molecular formula is C14H21N3O2. The number of carbonyl (C=O) groups is 1. The summed E-state index contributed by atoms with van der Waals surface area (Å²) < 4.78 is 7.37. The Kier molecular flexibility index (Phi) is 3.55. The first-order valence-electron chi connectivity index (χ1n) is 7.18. The molecule has 19 heavy (non-hydrogen) atoms. The Balaban J connectivity index is 1.77. The number of morpholine rings is 1. The molecule has 0 spiro atoms. The van der Waals surface area contributed by atoms with Crippen molar-refractivity contribution in [1.82, 2.24) is 14.5 Å². The first-order chi connectivity index (χ1) is 9.27. The quantitative estimate of drug-likeness (QED) is 0.805. The minimum absolute atomic E-state index is 0.146. The van der Waals surface area contributed by atoms with Gasteiger partial charge in [0, 0.05) is 18.8 Å². The van der Waals surface area contributed by atoms with Crippen LogP contribution in [0.5, 0.6) is 0 Å². The number of rotatable bonds is 2. The maximum atomic E-state index is 12.5. The summed E-state index contributed by atoms with van der Waals surface area (Å²) in [7, 11) is 0. The third-order valence-electron chi connectivity index (χ3n) is 4.16. The molecule has 0 bridgehead atoms. The number of carbonyl (C=O) groups excluding carboxylic acids is 1. The number of hydrogen-bond acceptors (Lipinski definition) is 3. The zero-order valence-electron chi connectivity index (χ0n) is 11.5. The van der Waals surface area contributed by atoms with Gasteiger partial charge < -0.3 is 14.2 Å². The molecule has 1 aliphatic heterocycles. The largest absolute Gasteiger partial charge is 0.378 e. The van der Waals surface area contributed by atoms with Crippen LogP contribution in [0.15, 0.2) is 6.33 Å². The van der Waals surface area contributed by atoms with E-state index in [0.717, 1.165) is 12.8 Å². The normalized spacial score (nSPS) is 21.0. The molecule has 0 saturated carbocycles. The highest BCUT2D eigenvalue weighted by Gasteiger charge is 2.26. The Morgan fingerprint density at radius 2 is 2.05 bits per heavy atom. The van der Waals surface area contributed by atoms with E-state index < -0.39 is 0 Å². The Bertz CT molecular complexity index is 463. The molecule has 1 unspecified atom stereocenters. The summed E-state index contributed by atoms with van der Waals surface area (Å²) in [5.74, 6) is 0.189. The van der Waals surface area contributed by atoms with Gasteiger partial charge in [-0.2, -0.15) is 0 Å². The van der Waals surface area contributed by atoms with E-state index in [2.05, 4.69) is 9.55 Å². The van der Waals surface area contributed by atoms with Crippen LogP contribution < -0.4 is 0 Å². The third kappa shape index (κ3) is 2.39. The van der Waals surface area contributed by atoms with Crippen LogP contribution in [0.2, 0.25) is 0 Å². The molecule has 1 saturated heterocycles. The van der Waals surface area contributed by atoms with E-state index >= 15 is 0 Å². The number of hydrogen-bond donors (Lipinski definition) is 0. The number of aryl methyl sites for hydroxylation is 1. The predicted octanol–water partition coefficient (Wildman–Crippen LogP) is 1.18. The fourth-order valence-electron chi connectivity index (χ4n) is 2.99. The van der Waals surface area contributed by atoms with Gasteiger partial charge in [-0.25, -0.2) is 4.98 Å². The number of ether oxygens (including phenoxy) is 1. The smallest absolute Gasteiger partial charge is 0.245 e. The molecule has 104 valence electrons. The van der Waals surface area contributed by atoms with Gasteiger partial charge in [-0.1, -0.05) is 0 Å². The van der Waals surface area contributed by atoms with Crippen LogP contribution in [0.1, 0.15) is 37.2 Å². The first-order valence-corrected chi connectivity index (χ1v) is 7.18. The molecular weight excluding hydrogens is 242 g/mol. The van der Waals surface area contributed by atoms with Crippen molar-refractivity contribution < 1.29 is 9.53 Å². The molecule has 1 aromatic heterocycles. The summed E-state index contributed by atoms with van der Waals surface area (Å²) in [6.45, 7) is 4.70. The first kappa shape index (κ1) is 12.7. The van der Waals surface area contributed by atoms with E-state index in [1.165, 1.54) is 24.2 Å². The highest BCUT2D eigenvalue weighted by molar-refractivity contribution is 5.80. The Hall–Kier alpha value is -1.36. The van der Waals surface area contributed by atoms with Gasteiger partial charge in [0.1, 0.15) is 6.04 Å². The van der Waals surface area contributed by atoms with Crippen molar-refractivity contribution in [3.05, 3.63) is 17.7 Å². The fraction of sp³-hybridized carbons (Fsp3) is 0.714. The van der Waals surface area contributed by atoms with Crippen LogP contribution in [0.4, 0.5) is 0 Å². The molecule has 0 aromatic carbocycles. The Morgan fingerprint density at radius 3 is 2.84 bits per heavy atom. The summed E-state index contributed by atoms with van der Waals surface area (Å²) in [6, 6.07) is -0.146. The Morgan fingerprint density at radius 1 is 1.32 bits per heavy atom. The maximum Gasteiger partial charge on any atom is 0.245 e. The average molecular weight is 263 g/mol. The molecule has 5 heteroatoms. The molecule has 0 radical (unpaired) electrons. The number of aromatic nitrogens is 2. The Labute approximate surface area is 113 Å². The van der Waals surface area contributed by atoms with Crippen molar-refractivity contribution in [1.29, 1.82) is 0 Å². The summed E-state index contributed by atoms with van der Waals surface area (Å²) in [5, 5.41) is 0. The molecule has 2 heterocycles. The van der Waals surface area contributed by atoms with Crippen LogP contribution >= 0.6 is 0 Å². The summed E-state index contributed by atoms with van der Waals surface area (Å²) in [6.07, 6.45) is 6.38. The van der Waals surface area contributed by atoms with E-state index in [1.54, 1.807) is 0 Å². The van der Waals surface area contributed by atoms with E-state index in [1.807, 2.05) is 18.2 Å². The summed E-state index contributed by atoms with van der Waals surface area (Å²) in [5.41, 5.74) is 2.45. The molecule has 1 atom stereocenters. The van der Waals surface area contributed by atoms with Crippen LogP contribution in [-0.2, 0) is 22.4 Å². The van der Waals surface area contributed by atoms with Gasteiger partial charge in [-0.3, -0.25) is 4.79 Å². The van der Waals surface area contributed by atoms with Crippen molar-refractivity contribution in [2.75, 3.05) is 26.3 Å². The number of amides is 1. The van der Waals surface area contributed by atoms with E-state index in [-0.39, 0.29) is 11.9 Å². The van der Waals surface area contributed by atoms with E-state index in [9.17, 15) is 4.79 Å². The highest BCUT2D eigenvalue weighted by Crippen LogP contribution is 2.24. The minimum atomic E-state index is -0.146. The van der Waals surface area contributed by atoms with E-state index in [0.29, 0.717) is 26.3 Å². The lowest BCUT2D eigenvalue weighted by atomic mass is 10.0. The summed E-state index contributed by atoms with van der Waals surface area (Å²) >= 11 is 0. The predicted molar refractivity (Wildman–Crippen MR) is 71.0 cm³/mol. The number of nitrogens with zero attached hydrogens (tertiary/aromatic N) is 3. The van der Waals surface area contributed by atoms with Crippen LogP contribution in [0, 0.1) is 0 Å². The van der Waals surface area contributed by atoms with Crippen molar-refractivity contribution in [2.24, 2.45) is 0 Å². The second-order valence-corrected chi connectivity index (χ2v) is 5.37. The molecule has 1 amide bonds. The van der Waals surface area contributed by atoms with Gasteiger partial charge >= 0.3 is 0 Å². The van der Waals surface area contributed by atoms with E-state index in [4.69, 9.17) is 4.74 Å². The fourth-order valence-corrected chi connectivity index (χ4v) is 2.99. The zero-order valence-corrected chi connectivity index (χ0v) is 11.5. The molecule has 1 fully saturated rings. The lowest BCUT2D eigenvalue weighted by molar-refractivity contribution is -0.138. The van der Waals surface area contributed by atoms with Gasteiger partial charge in [0.15, 0.2) is 0 Å². The molecule has 1 aromatic rings. The van der Waals surface area contributed by atoms with Crippen molar-refractivity contribution in [3.8, 4) is 0 Å². The molecule has 1 aliphatic carbocycles. The standard InChI is InChI=1S/C14H21N3O2/c1-11(14(18)16-6-8-19-9-7-16)17-10-15-12-4-2-3-5-13(12)17/h10-11H,2-9H2,1H3. The van der Waals surface area contributed by atoms with Gasteiger partial charge in [0.05, 0.1) is 25.2 Å². The van der Waals surface area contributed by atoms with Crippen LogP contribution in [0.25, 0.3) is 0 Å². The lowest BCUT2D eigenvalue weighted by Gasteiger charge is -2.30. The lowest BCUT2D eigenvalue weighted by Crippen LogP contribution is -2.43. The van der Waals surface area contributed by atoms with Crippen molar-refractivity contribution >= 4 is 5.91 Å². The zero-order chi connectivity index (χ0) is 13.2. The molecule has 3 rings (SSSR count). The minimum Gasteiger partial charge on any atom is -0.378 e. The van der Waals surface area contributed by atoms with Gasteiger partial charge in [0.2, 0.25) is 5.91 Å². The highest BCUT2D eigenvalue weighted by atomic mass is 16.5. The second-order valence-electron chi connectivity index (χ2n) is 5.37. The molecule has 2 aliphatic rings. The second kappa shape index (κ2) is 5.33. The number of fused-ring (bicyclic) bond motifs is 1. The van der Waals surface area contributed by atoms with Gasteiger partial charge in [-0.15, -0.1) is 0 Å². The number of imidazole rings is 1. The van der Waals surface area contributed by atoms with Gasteiger partial charge in [0.25, 0.3) is 0 Å². The van der Waals surface area contributed by atoms with Crippen LogP contribution in [-0.4, -0.2) is 46.7 Å². The SMILES string of the molecule is CC(C(=O)N1CCOCC1)n1cnc2c1CCCC2. The molecule has 0 N–H and O–H groups in total. The third-order valence-corrected chi connectivity index (χ3v) is 4.16. The topological polar surface area (TPSA) is 47.4 Å².